The number of aliphatic hydroxyl groups is 1. The highest BCUT2D eigenvalue weighted by Gasteiger charge is 2.19. The van der Waals surface area contributed by atoms with Crippen molar-refractivity contribution in [3.05, 3.63) is 22.4 Å². The standard InChI is InChI=1S/C10H16N2O2S/c1-10(2,14)6-12-9(13)8(11)7-4-3-5-15-7/h3-5,8,14H,6,11H2,1-2H3,(H,12,13). The van der Waals surface area contributed by atoms with Crippen LogP contribution in [0.2, 0.25) is 0 Å². The maximum atomic E-state index is 11.5. The summed E-state index contributed by atoms with van der Waals surface area (Å²) in [5.74, 6) is -0.264. The van der Waals surface area contributed by atoms with Gasteiger partial charge in [0.2, 0.25) is 5.91 Å². The smallest absolute Gasteiger partial charge is 0.242 e. The molecule has 0 bridgehead atoms. The number of carbonyl (C=O) groups excluding carboxylic acids is 1. The molecule has 0 aromatic carbocycles. The van der Waals surface area contributed by atoms with E-state index >= 15 is 0 Å². The number of carbonyl (C=O) groups is 1. The van der Waals surface area contributed by atoms with Crippen molar-refractivity contribution in [3.63, 3.8) is 0 Å². The second kappa shape index (κ2) is 4.74. The maximum absolute atomic E-state index is 11.5. The van der Waals surface area contributed by atoms with Gasteiger partial charge in [0.05, 0.1) is 5.60 Å². The van der Waals surface area contributed by atoms with Crippen molar-refractivity contribution in [2.45, 2.75) is 25.5 Å². The van der Waals surface area contributed by atoms with Gasteiger partial charge in [-0.1, -0.05) is 6.07 Å². The lowest BCUT2D eigenvalue weighted by atomic mass is 10.1. The van der Waals surface area contributed by atoms with Gasteiger partial charge in [0.15, 0.2) is 0 Å². The van der Waals surface area contributed by atoms with Crippen LogP contribution in [-0.4, -0.2) is 23.2 Å². The van der Waals surface area contributed by atoms with E-state index in [2.05, 4.69) is 5.32 Å². The molecule has 5 heteroatoms. The molecule has 0 aliphatic rings. The molecule has 4 N–H and O–H groups in total. The molecular weight excluding hydrogens is 212 g/mol. The third kappa shape index (κ3) is 3.99. The number of thiophene rings is 1. The van der Waals surface area contributed by atoms with Crippen molar-refractivity contribution in [3.8, 4) is 0 Å². The van der Waals surface area contributed by atoms with Gasteiger partial charge >= 0.3 is 0 Å². The van der Waals surface area contributed by atoms with Crippen molar-refractivity contribution < 1.29 is 9.90 Å². The Balaban J connectivity index is 2.48. The molecule has 4 nitrogen and oxygen atoms in total. The second-order valence-corrected chi connectivity index (χ2v) is 5.00. The first-order chi connectivity index (χ1) is 6.90. The molecule has 0 radical (unpaired) electrons. The van der Waals surface area contributed by atoms with Gasteiger partial charge in [0.25, 0.3) is 0 Å². The van der Waals surface area contributed by atoms with E-state index in [1.165, 1.54) is 11.3 Å². The molecule has 1 unspecified atom stereocenters. The van der Waals surface area contributed by atoms with Crippen molar-refractivity contribution in [2.75, 3.05) is 6.54 Å². The lowest BCUT2D eigenvalue weighted by molar-refractivity contribution is -0.123. The predicted molar refractivity (Wildman–Crippen MR) is 60.6 cm³/mol. The highest BCUT2D eigenvalue weighted by atomic mass is 32.1. The summed E-state index contributed by atoms with van der Waals surface area (Å²) < 4.78 is 0. The minimum absolute atomic E-state index is 0.199. The largest absolute Gasteiger partial charge is 0.389 e. The number of rotatable bonds is 4. The number of hydrogen-bond acceptors (Lipinski definition) is 4. The first kappa shape index (κ1) is 12.2. The van der Waals surface area contributed by atoms with Crippen LogP contribution < -0.4 is 11.1 Å². The van der Waals surface area contributed by atoms with Gasteiger partial charge in [-0.05, 0) is 25.3 Å². The lowest BCUT2D eigenvalue weighted by Gasteiger charge is -2.19. The van der Waals surface area contributed by atoms with E-state index in [-0.39, 0.29) is 12.5 Å². The summed E-state index contributed by atoms with van der Waals surface area (Å²) in [6, 6.07) is 3.02. The Morgan fingerprint density at radius 1 is 1.73 bits per heavy atom. The Hall–Kier alpha value is -0.910. The van der Waals surface area contributed by atoms with Gasteiger partial charge in [-0.25, -0.2) is 0 Å². The summed E-state index contributed by atoms with van der Waals surface area (Å²) in [4.78, 5) is 12.4. The number of nitrogens with two attached hydrogens (primary N) is 1. The molecule has 0 aliphatic heterocycles. The minimum atomic E-state index is -0.912. The normalized spacial score (nSPS) is 13.6. The van der Waals surface area contributed by atoms with Crippen molar-refractivity contribution >= 4 is 17.2 Å². The van der Waals surface area contributed by atoms with Gasteiger partial charge in [0.1, 0.15) is 6.04 Å². The monoisotopic (exact) mass is 228 g/mol. The molecule has 1 amide bonds. The van der Waals surface area contributed by atoms with Crippen LogP contribution in [0.3, 0.4) is 0 Å². The van der Waals surface area contributed by atoms with Crippen LogP contribution >= 0.6 is 11.3 Å². The predicted octanol–water partition coefficient (Wildman–Crippen LogP) is 0.635. The van der Waals surface area contributed by atoms with Crippen LogP contribution in [0, 0.1) is 0 Å². The molecule has 0 fully saturated rings. The van der Waals surface area contributed by atoms with Gasteiger partial charge in [-0.3, -0.25) is 4.79 Å². The maximum Gasteiger partial charge on any atom is 0.242 e. The van der Waals surface area contributed by atoms with E-state index in [9.17, 15) is 9.90 Å². The van der Waals surface area contributed by atoms with Gasteiger partial charge in [0, 0.05) is 11.4 Å². The quantitative estimate of drug-likeness (QED) is 0.707. The third-order valence-corrected chi connectivity index (χ3v) is 2.78. The molecule has 1 atom stereocenters. The molecule has 0 saturated carbocycles. The van der Waals surface area contributed by atoms with Crippen LogP contribution in [0.25, 0.3) is 0 Å². The SMILES string of the molecule is CC(C)(O)CNC(=O)C(N)c1cccs1. The van der Waals surface area contributed by atoms with Gasteiger partial charge < -0.3 is 16.2 Å². The molecule has 0 aliphatic carbocycles. The van der Waals surface area contributed by atoms with E-state index < -0.39 is 11.6 Å². The highest BCUT2D eigenvalue weighted by Crippen LogP contribution is 2.16. The molecule has 84 valence electrons. The zero-order valence-electron chi connectivity index (χ0n) is 8.86. The molecular formula is C10H16N2O2S. The molecule has 0 saturated heterocycles. The minimum Gasteiger partial charge on any atom is -0.389 e. The molecule has 1 aromatic rings. The van der Waals surface area contributed by atoms with Crippen molar-refractivity contribution in [2.24, 2.45) is 5.73 Å². The first-order valence-corrected chi connectivity index (χ1v) is 5.57. The number of hydrogen-bond donors (Lipinski definition) is 3. The fraction of sp³-hybridized carbons (Fsp3) is 0.500. The Labute approximate surface area is 93.1 Å². The van der Waals surface area contributed by atoms with Crippen molar-refractivity contribution in [1.82, 2.24) is 5.32 Å². The van der Waals surface area contributed by atoms with Gasteiger partial charge in [-0.15, -0.1) is 11.3 Å². The Morgan fingerprint density at radius 2 is 2.40 bits per heavy atom. The molecule has 1 aromatic heterocycles. The molecule has 1 rings (SSSR count). The van der Waals surface area contributed by atoms with E-state index in [0.29, 0.717) is 0 Å². The fourth-order valence-corrected chi connectivity index (χ4v) is 1.74. The second-order valence-electron chi connectivity index (χ2n) is 4.02. The average molecular weight is 228 g/mol. The number of nitrogens with one attached hydrogen (secondary N) is 1. The lowest BCUT2D eigenvalue weighted by Crippen LogP contribution is -2.42. The topological polar surface area (TPSA) is 75.3 Å². The van der Waals surface area contributed by atoms with Crippen LogP contribution in [0.1, 0.15) is 24.8 Å². The van der Waals surface area contributed by atoms with E-state index in [1.807, 2.05) is 17.5 Å². The summed E-state index contributed by atoms with van der Waals surface area (Å²) >= 11 is 1.44. The summed E-state index contributed by atoms with van der Waals surface area (Å²) in [7, 11) is 0. The number of amides is 1. The van der Waals surface area contributed by atoms with Crippen LogP contribution in [-0.2, 0) is 4.79 Å². The van der Waals surface area contributed by atoms with Crippen LogP contribution in [0.4, 0.5) is 0 Å². The molecule has 0 spiro atoms. The zero-order chi connectivity index (χ0) is 11.5. The fourth-order valence-electron chi connectivity index (χ4n) is 1.01. The van der Waals surface area contributed by atoms with E-state index in [1.54, 1.807) is 13.8 Å². The Bertz CT molecular complexity index is 317. The zero-order valence-corrected chi connectivity index (χ0v) is 9.67. The average Bonchev–Trinajstić information content (AvgIpc) is 2.64. The summed E-state index contributed by atoms with van der Waals surface area (Å²) in [5.41, 5.74) is 4.82. The molecule has 15 heavy (non-hydrogen) atoms. The summed E-state index contributed by atoms with van der Waals surface area (Å²) in [6.07, 6.45) is 0. The summed E-state index contributed by atoms with van der Waals surface area (Å²) in [6.45, 7) is 3.46. The first-order valence-electron chi connectivity index (χ1n) is 4.69. The van der Waals surface area contributed by atoms with E-state index in [4.69, 9.17) is 5.73 Å². The molecule has 1 heterocycles. The Kier molecular flexibility index (Phi) is 3.84. The highest BCUT2D eigenvalue weighted by molar-refractivity contribution is 7.10. The Morgan fingerprint density at radius 3 is 2.87 bits per heavy atom. The third-order valence-electron chi connectivity index (χ3n) is 1.83. The van der Waals surface area contributed by atoms with Crippen LogP contribution in [0.5, 0.6) is 0 Å². The summed E-state index contributed by atoms with van der Waals surface area (Å²) in [5, 5.41) is 13.9. The van der Waals surface area contributed by atoms with Crippen molar-refractivity contribution in [1.29, 1.82) is 0 Å². The van der Waals surface area contributed by atoms with Crippen LogP contribution in [0.15, 0.2) is 17.5 Å². The van der Waals surface area contributed by atoms with E-state index in [0.717, 1.165) is 4.88 Å². The van der Waals surface area contributed by atoms with Gasteiger partial charge in [-0.2, -0.15) is 0 Å².